The predicted molar refractivity (Wildman–Crippen MR) is 64.5 cm³/mol. The zero-order valence-electron chi connectivity index (χ0n) is 9.75. The molecular formula is C14H17NO2. The molecular weight excluding hydrogens is 214 g/mol. The summed E-state index contributed by atoms with van der Waals surface area (Å²) in [4.78, 5) is 13.6. The lowest BCUT2D eigenvalue weighted by atomic mass is 9.99. The third-order valence-electron chi connectivity index (χ3n) is 4.21. The number of carbonyl (C=O) groups is 1. The van der Waals surface area contributed by atoms with Crippen molar-refractivity contribution in [2.45, 2.75) is 25.4 Å². The second kappa shape index (κ2) is 4.15. The highest BCUT2D eigenvalue weighted by atomic mass is 16.4. The largest absolute Gasteiger partial charge is 0.481 e. The molecule has 0 radical (unpaired) electrons. The smallest absolute Gasteiger partial charge is 0.308 e. The Morgan fingerprint density at radius 3 is 2.71 bits per heavy atom. The van der Waals surface area contributed by atoms with Crippen molar-refractivity contribution in [2.24, 2.45) is 11.8 Å². The van der Waals surface area contributed by atoms with Crippen LogP contribution < -0.4 is 0 Å². The van der Waals surface area contributed by atoms with Crippen molar-refractivity contribution in [1.29, 1.82) is 0 Å². The lowest BCUT2D eigenvalue weighted by Gasteiger charge is -2.26. The number of carboxylic acid groups (broad SMARTS) is 1. The second-order valence-corrected chi connectivity index (χ2v) is 5.18. The minimum atomic E-state index is -0.604. The van der Waals surface area contributed by atoms with Crippen LogP contribution in [0.3, 0.4) is 0 Å². The molecule has 1 saturated carbocycles. The number of hydrogen-bond acceptors (Lipinski definition) is 2. The lowest BCUT2D eigenvalue weighted by Crippen LogP contribution is -2.34. The quantitative estimate of drug-likeness (QED) is 0.864. The van der Waals surface area contributed by atoms with Crippen LogP contribution in [-0.2, 0) is 11.3 Å². The molecule has 2 aliphatic rings. The molecule has 0 spiro atoms. The first-order chi connectivity index (χ1) is 8.25. The molecule has 3 nitrogen and oxygen atoms in total. The van der Waals surface area contributed by atoms with E-state index in [9.17, 15) is 9.90 Å². The van der Waals surface area contributed by atoms with Crippen molar-refractivity contribution in [3.63, 3.8) is 0 Å². The summed E-state index contributed by atoms with van der Waals surface area (Å²) < 4.78 is 0. The molecule has 1 aliphatic heterocycles. The highest BCUT2D eigenvalue weighted by Gasteiger charge is 2.50. The fourth-order valence-corrected chi connectivity index (χ4v) is 3.48. The third kappa shape index (κ3) is 1.84. The number of piperidine rings is 1. The van der Waals surface area contributed by atoms with Gasteiger partial charge in [-0.15, -0.1) is 0 Å². The summed E-state index contributed by atoms with van der Waals surface area (Å²) in [5, 5.41) is 9.25. The summed E-state index contributed by atoms with van der Waals surface area (Å²) in [7, 11) is 0. The Morgan fingerprint density at radius 1 is 1.29 bits per heavy atom. The van der Waals surface area contributed by atoms with Gasteiger partial charge in [-0.1, -0.05) is 30.3 Å². The minimum absolute atomic E-state index is 0.126. The second-order valence-electron chi connectivity index (χ2n) is 5.18. The van der Waals surface area contributed by atoms with Gasteiger partial charge in [0.1, 0.15) is 0 Å². The molecule has 1 aromatic rings. The number of carboxylic acids is 1. The van der Waals surface area contributed by atoms with Crippen LogP contribution in [0.2, 0.25) is 0 Å². The Bertz CT molecular complexity index is 417. The molecule has 1 N–H and O–H groups in total. The topological polar surface area (TPSA) is 40.5 Å². The van der Waals surface area contributed by atoms with E-state index in [0.29, 0.717) is 5.92 Å². The Morgan fingerprint density at radius 2 is 2.06 bits per heavy atom. The van der Waals surface area contributed by atoms with E-state index in [-0.39, 0.29) is 12.0 Å². The van der Waals surface area contributed by atoms with E-state index < -0.39 is 5.97 Å². The number of likely N-dealkylation sites (tertiary alicyclic amines) is 1. The monoisotopic (exact) mass is 231 g/mol. The van der Waals surface area contributed by atoms with Crippen LogP contribution in [0.25, 0.3) is 0 Å². The third-order valence-corrected chi connectivity index (χ3v) is 4.21. The minimum Gasteiger partial charge on any atom is -0.481 e. The van der Waals surface area contributed by atoms with Crippen LogP contribution in [0.1, 0.15) is 18.4 Å². The van der Waals surface area contributed by atoms with Gasteiger partial charge in [0.25, 0.3) is 0 Å². The van der Waals surface area contributed by atoms with Gasteiger partial charge in [-0.25, -0.2) is 0 Å². The van der Waals surface area contributed by atoms with Gasteiger partial charge in [-0.3, -0.25) is 9.69 Å². The number of benzene rings is 1. The number of hydrogen-bond donors (Lipinski definition) is 1. The zero-order chi connectivity index (χ0) is 11.8. The Balaban J connectivity index is 1.73. The van der Waals surface area contributed by atoms with E-state index in [4.69, 9.17) is 0 Å². The van der Waals surface area contributed by atoms with Crippen LogP contribution in [-0.4, -0.2) is 28.6 Å². The first-order valence-electron chi connectivity index (χ1n) is 6.26. The van der Waals surface area contributed by atoms with E-state index in [1.165, 1.54) is 5.56 Å². The van der Waals surface area contributed by atoms with Crippen molar-refractivity contribution in [3.05, 3.63) is 35.9 Å². The van der Waals surface area contributed by atoms with Crippen LogP contribution in [0.15, 0.2) is 30.3 Å². The molecule has 90 valence electrons. The summed E-state index contributed by atoms with van der Waals surface area (Å²) in [6.07, 6.45) is 2.14. The van der Waals surface area contributed by atoms with Gasteiger partial charge in [0.15, 0.2) is 0 Å². The summed E-state index contributed by atoms with van der Waals surface area (Å²) in [6.45, 7) is 1.85. The van der Waals surface area contributed by atoms with Crippen molar-refractivity contribution in [1.82, 2.24) is 4.90 Å². The maximum absolute atomic E-state index is 11.2. The molecule has 2 fully saturated rings. The fourth-order valence-electron chi connectivity index (χ4n) is 3.48. The summed E-state index contributed by atoms with van der Waals surface area (Å²) in [5.74, 6) is -0.354. The summed E-state index contributed by atoms with van der Waals surface area (Å²) >= 11 is 0. The van der Waals surface area contributed by atoms with E-state index in [1.807, 2.05) is 18.2 Å². The van der Waals surface area contributed by atoms with Gasteiger partial charge in [0, 0.05) is 19.1 Å². The average Bonchev–Trinajstić information content (AvgIpc) is 2.87. The number of rotatable bonds is 3. The summed E-state index contributed by atoms with van der Waals surface area (Å²) in [5.41, 5.74) is 1.28. The van der Waals surface area contributed by atoms with E-state index in [0.717, 1.165) is 25.9 Å². The molecule has 1 aliphatic carbocycles. The normalized spacial score (nSPS) is 31.9. The molecule has 1 saturated heterocycles. The molecule has 1 heterocycles. The van der Waals surface area contributed by atoms with Crippen LogP contribution in [0.4, 0.5) is 0 Å². The highest BCUT2D eigenvalue weighted by Crippen LogP contribution is 2.43. The Labute approximate surface area is 101 Å². The molecule has 0 amide bonds. The van der Waals surface area contributed by atoms with Gasteiger partial charge in [-0.05, 0) is 24.3 Å². The molecule has 17 heavy (non-hydrogen) atoms. The summed E-state index contributed by atoms with van der Waals surface area (Å²) in [6, 6.07) is 10.6. The van der Waals surface area contributed by atoms with Crippen LogP contribution in [0.5, 0.6) is 0 Å². The van der Waals surface area contributed by atoms with Gasteiger partial charge in [0.05, 0.1) is 5.92 Å². The zero-order valence-corrected chi connectivity index (χ0v) is 9.75. The number of aliphatic carboxylic acids is 1. The van der Waals surface area contributed by atoms with E-state index in [1.54, 1.807) is 0 Å². The van der Waals surface area contributed by atoms with Crippen molar-refractivity contribution in [2.75, 3.05) is 6.54 Å². The van der Waals surface area contributed by atoms with Crippen molar-refractivity contribution < 1.29 is 9.90 Å². The average molecular weight is 231 g/mol. The predicted octanol–water partition coefficient (Wildman–Crippen LogP) is 1.98. The van der Waals surface area contributed by atoms with Crippen LogP contribution >= 0.6 is 0 Å². The molecule has 3 heteroatoms. The molecule has 1 aromatic carbocycles. The first kappa shape index (κ1) is 10.8. The maximum Gasteiger partial charge on any atom is 0.308 e. The Hall–Kier alpha value is -1.35. The van der Waals surface area contributed by atoms with E-state index >= 15 is 0 Å². The highest BCUT2D eigenvalue weighted by molar-refractivity contribution is 5.72. The van der Waals surface area contributed by atoms with Gasteiger partial charge >= 0.3 is 5.97 Å². The Kier molecular flexibility index (Phi) is 2.63. The molecule has 0 aromatic heterocycles. The van der Waals surface area contributed by atoms with Crippen molar-refractivity contribution >= 4 is 5.97 Å². The van der Waals surface area contributed by atoms with Gasteiger partial charge in [-0.2, -0.15) is 0 Å². The van der Waals surface area contributed by atoms with Crippen LogP contribution in [0, 0.1) is 11.8 Å². The molecule has 2 bridgehead atoms. The lowest BCUT2D eigenvalue weighted by molar-refractivity contribution is -0.142. The van der Waals surface area contributed by atoms with E-state index in [2.05, 4.69) is 17.0 Å². The molecule has 3 atom stereocenters. The maximum atomic E-state index is 11.2. The SMILES string of the molecule is O=C(O)C1[C@@H]2CC[C@H]1N(Cc1ccccc1)C2. The standard InChI is InChI=1S/C14H17NO2/c16-14(17)13-11-6-7-12(13)15(9-11)8-10-4-2-1-3-5-10/h1-5,11-13H,6-9H2,(H,16,17)/t11-,12-,13?/m1/s1. The first-order valence-corrected chi connectivity index (χ1v) is 6.26. The van der Waals surface area contributed by atoms with Gasteiger partial charge in [0.2, 0.25) is 0 Å². The van der Waals surface area contributed by atoms with Crippen molar-refractivity contribution in [3.8, 4) is 0 Å². The number of nitrogens with zero attached hydrogens (tertiary/aromatic N) is 1. The fraction of sp³-hybridized carbons (Fsp3) is 0.500. The number of fused-ring (bicyclic) bond motifs is 2. The molecule has 1 unspecified atom stereocenters. The van der Waals surface area contributed by atoms with Gasteiger partial charge < -0.3 is 5.11 Å². The molecule has 3 rings (SSSR count).